The van der Waals surface area contributed by atoms with Crippen molar-refractivity contribution >= 4 is 29.9 Å². The molecular formula is C19H30IN3O. The van der Waals surface area contributed by atoms with E-state index in [0.717, 1.165) is 25.7 Å². The van der Waals surface area contributed by atoms with Gasteiger partial charge in [0.25, 0.3) is 0 Å². The van der Waals surface area contributed by atoms with E-state index in [2.05, 4.69) is 53.3 Å². The first-order valence-electron chi connectivity index (χ1n) is 8.68. The van der Waals surface area contributed by atoms with Gasteiger partial charge in [0.05, 0.1) is 13.2 Å². The van der Waals surface area contributed by atoms with Gasteiger partial charge in [-0.15, -0.1) is 24.0 Å². The average Bonchev–Trinajstić information content (AvgIpc) is 2.94. The van der Waals surface area contributed by atoms with Crippen molar-refractivity contribution in [2.75, 3.05) is 26.7 Å². The van der Waals surface area contributed by atoms with Gasteiger partial charge in [-0.05, 0) is 23.8 Å². The number of rotatable bonds is 5. The SMILES string of the molecule is CN=C(NC1CC1(C)C)N1CCC(COCc2ccccc2)C1.I. The number of benzene rings is 1. The van der Waals surface area contributed by atoms with E-state index < -0.39 is 0 Å². The molecule has 0 spiro atoms. The quantitative estimate of drug-likeness (QED) is 0.430. The Kier molecular flexibility index (Phi) is 6.92. The van der Waals surface area contributed by atoms with Crippen LogP contribution in [0, 0.1) is 11.3 Å². The Bertz CT molecular complexity index is 547. The molecule has 0 aromatic heterocycles. The number of hydrogen-bond acceptors (Lipinski definition) is 2. The summed E-state index contributed by atoms with van der Waals surface area (Å²) in [5.41, 5.74) is 1.67. The molecular weight excluding hydrogens is 413 g/mol. The zero-order chi connectivity index (χ0) is 16.3. The number of likely N-dealkylation sites (tertiary alicyclic amines) is 1. The molecule has 5 heteroatoms. The topological polar surface area (TPSA) is 36.9 Å². The minimum absolute atomic E-state index is 0. The molecule has 1 saturated heterocycles. The van der Waals surface area contributed by atoms with Crippen LogP contribution in [0.3, 0.4) is 0 Å². The molecule has 1 N–H and O–H groups in total. The van der Waals surface area contributed by atoms with Crippen LogP contribution in [0.4, 0.5) is 0 Å². The number of nitrogens with zero attached hydrogens (tertiary/aromatic N) is 2. The first-order chi connectivity index (χ1) is 11.1. The summed E-state index contributed by atoms with van der Waals surface area (Å²) in [6.07, 6.45) is 2.42. The molecule has 1 aromatic rings. The molecule has 24 heavy (non-hydrogen) atoms. The predicted octanol–water partition coefficient (Wildman–Crippen LogP) is 3.52. The summed E-state index contributed by atoms with van der Waals surface area (Å²) < 4.78 is 5.90. The molecule has 1 aromatic carbocycles. The van der Waals surface area contributed by atoms with Gasteiger partial charge in [-0.3, -0.25) is 4.99 Å². The summed E-state index contributed by atoms with van der Waals surface area (Å²) in [5.74, 6) is 1.66. The van der Waals surface area contributed by atoms with Gasteiger partial charge in [-0.25, -0.2) is 0 Å². The highest BCUT2D eigenvalue weighted by atomic mass is 127. The highest BCUT2D eigenvalue weighted by Crippen LogP contribution is 2.44. The highest BCUT2D eigenvalue weighted by molar-refractivity contribution is 14.0. The third kappa shape index (κ3) is 5.09. The minimum Gasteiger partial charge on any atom is -0.376 e. The predicted molar refractivity (Wildman–Crippen MR) is 110 cm³/mol. The Hall–Kier alpha value is -0.820. The Morgan fingerprint density at radius 1 is 1.33 bits per heavy atom. The van der Waals surface area contributed by atoms with Crippen molar-refractivity contribution in [3.63, 3.8) is 0 Å². The van der Waals surface area contributed by atoms with Gasteiger partial charge in [-0.2, -0.15) is 0 Å². The first-order valence-corrected chi connectivity index (χ1v) is 8.68. The van der Waals surface area contributed by atoms with Crippen molar-refractivity contribution in [1.29, 1.82) is 0 Å². The van der Waals surface area contributed by atoms with Crippen molar-refractivity contribution in [2.45, 2.75) is 39.3 Å². The van der Waals surface area contributed by atoms with E-state index >= 15 is 0 Å². The zero-order valence-corrected chi connectivity index (χ0v) is 17.3. The van der Waals surface area contributed by atoms with E-state index in [1.807, 2.05) is 13.1 Å². The van der Waals surface area contributed by atoms with Crippen LogP contribution in [0.15, 0.2) is 35.3 Å². The molecule has 2 fully saturated rings. The summed E-state index contributed by atoms with van der Waals surface area (Å²) in [6.45, 7) is 8.27. The lowest BCUT2D eigenvalue weighted by Crippen LogP contribution is -2.42. The van der Waals surface area contributed by atoms with Gasteiger partial charge in [0.2, 0.25) is 0 Å². The van der Waals surface area contributed by atoms with Gasteiger partial charge in [0.15, 0.2) is 5.96 Å². The Morgan fingerprint density at radius 3 is 2.67 bits per heavy atom. The Balaban J connectivity index is 0.00000208. The fraction of sp³-hybridized carbons (Fsp3) is 0.632. The summed E-state index contributed by atoms with van der Waals surface area (Å²) in [4.78, 5) is 6.85. The molecule has 2 unspecified atom stereocenters. The summed E-state index contributed by atoms with van der Waals surface area (Å²) in [6, 6.07) is 11.0. The second-order valence-electron chi connectivity index (χ2n) is 7.54. The molecule has 1 aliphatic carbocycles. The third-order valence-electron chi connectivity index (χ3n) is 5.08. The molecule has 3 rings (SSSR count). The number of nitrogens with one attached hydrogen (secondary N) is 1. The normalized spacial score (nSPS) is 25.3. The van der Waals surface area contributed by atoms with E-state index in [9.17, 15) is 0 Å². The molecule has 0 radical (unpaired) electrons. The highest BCUT2D eigenvalue weighted by Gasteiger charge is 2.46. The molecule has 1 saturated carbocycles. The van der Waals surface area contributed by atoms with E-state index in [1.165, 1.54) is 18.4 Å². The Labute approximate surface area is 163 Å². The van der Waals surface area contributed by atoms with Crippen LogP contribution in [-0.2, 0) is 11.3 Å². The summed E-state index contributed by atoms with van der Waals surface area (Å²) in [5, 5.41) is 3.61. The molecule has 134 valence electrons. The van der Waals surface area contributed by atoms with Crippen LogP contribution >= 0.6 is 24.0 Å². The first kappa shape index (κ1) is 19.5. The van der Waals surface area contributed by atoms with Crippen molar-refractivity contribution in [1.82, 2.24) is 10.2 Å². The molecule has 0 amide bonds. The van der Waals surface area contributed by atoms with Gasteiger partial charge in [-0.1, -0.05) is 44.2 Å². The van der Waals surface area contributed by atoms with Crippen LogP contribution in [0.1, 0.15) is 32.3 Å². The lowest BCUT2D eigenvalue weighted by Gasteiger charge is -2.22. The van der Waals surface area contributed by atoms with Crippen molar-refractivity contribution < 1.29 is 4.74 Å². The van der Waals surface area contributed by atoms with Gasteiger partial charge in [0.1, 0.15) is 0 Å². The van der Waals surface area contributed by atoms with Gasteiger partial charge < -0.3 is 15.0 Å². The third-order valence-corrected chi connectivity index (χ3v) is 5.08. The van der Waals surface area contributed by atoms with Crippen LogP contribution in [0.5, 0.6) is 0 Å². The Morgan fingerprint density at radius 2 is 2.04 bits per heavy atom. The molecule has 1 heterocycles. The molecule has 4 nitrogen and oxygen atoms in total. The summed E-state index contributed by atoms with van der Waals surface area (Å²) >= 11 is 0. The van der Waals surface area contributed by atoms with Gasteiger partial charge in [0, 0.05) is 32.1 Å². The van der Waals surface area contributed by atoms with E-state index in [-0.39, 0.29) is 24.0 Å². The summed E-state index contributed by atoms with van der Waals surface area (Å²) in [7, 11) is 1.89. The largest absolute Gasteiger partial charge is 0.376 e. The standard InChI is InChI=1S/C19H29N3O.HI/c1-19(2)11-17(19)21-18(20-3)22-10-9-16(12-22)14-23-13-15-7-5-4-6-8-15;/h4-8,16-17H,9-14H2,1-3H3,(H,20,21);1H. The lowest BCUT2D eigenvalue weighted by atomic mass is 10.1. The zero-order valence-electron chi connectivity index (χ0n) is 15.0. The van der Waals surface area contributed by atoms with Gasteiger partial charge >= 0.3 is 0 Å². The fourth-order valence-electron chi connectivity index (χ4n) is 3.25. The second-order valence-corrected chi connectivity index (χ2v) is 7.54. The van der Waals surface area contributed by atoms with Crippen molar-refractivity contribution in [3.05, 3.63) is 35.9 Å². The van der Waals surface area contributed by atoms with Crippen LogP contribution in [0.2, 0.25) is 0 Å². The smallest absolute Gasteiger partial charge is 0.193 e. The van der Waals surface area contributed by atoms with Crippen LogP contribution < -0.4 is 5.32 Å². The second kappa shape index (κ2) is 8.52. The van der Waals surface area contributed by atoms with Crippen LogP contribution in [0.25, 0.3) is 0 Å². The number of halogens is 1. The lowest BCUT2D eigenvalue weighted by molar-refractivity contribution is 0.0906. The maximum absolute atomic E-state index is 5.90. The van der Waals surface area contributed by atoms with E-state index in [4.69, 9.17) is 4.74 Å². The fourth-order valence-corrected chi connectivity index (χ4v) is 3.25. The number of aliphatic imine (C=N–C) groups is 1. The molecule has 0 bridgehead atoms. The number of guanidine groups is 1. The van der Waals surface area contributed by atoms with E-state index in [0.29, 0.717) is 24.0 Å². The maximum atomic E-state index is 5.90. The van der Waals surface area contributed by atoms with E-state index in [1.54, 1.807) is 0 Å². The molecule has 2 aliphatic rings. The molecule has 1 aliphatic heterocycles. The number of hydrogen-bond donors (Lipinski definition) is 1. The minimum atomic E-state index is 0. The average molecular weight is 443 g/mol. The maximum Gasteiger partial charge on any atom is 0.193 e. The number of ether oxygens (including phenoxy) is 1. The monoisotopic (exact) mass is 443 g/mol. The molecule has 2 atom stereocenters. The van der Waals surface area contributed by atoms with Crippen molar-refractivity contribution in [2.24, 2.45) is 16.3 Å². The van der Waals surface area contributed by atoms with Crippen LogP contribution in [-0.4, -0.2) is 43.6 Å². The van der Waals surface area contributed by atoms with Crippen molar-refractivity contribution in [3.8, 4) is 0 Å².